The maximum Gasteiger partial charge on any atom is 0.185 e. The number of ketones is 1. The van der Waals surface area contributed by atoms with Crippen molar-refractivity contribution in [3.8, 4) is 5.75 Å². The van der Waals surface area contributed by atoms with Crippen molar-refractivity contribution >= 4 is 11.9 Å². The number of likely N-dealkylation sites (N-methyl/N-ethyl adjacent to an activating group) is 1. The minimum atomic E-state index is -0.00542. The van der Waals surface area contributed by atoms with E-state index >= 15 is 0 Å². The van der Waals surface area contributed by atoms with Gasteiger partial charge in [0.2, 0.25) is 0 Å². The number of hydrogen-bond acceptors (Lipinski definition) is 4. The van der Waals surface area contributed by atoms with Crippen molar-refractivity contribution in [1.82, 2.24) is 4.90 Å². The second-order valence-electron chi connectivity index (χ2n) is 5.70. The number of carbonyl (C=O) groups excluding carboxylic acids is 1. The summed E-state index contributed by atoms with van der Waals surface area (Å²) >= 11 is 0. The van der Waals surface area contributed by atoms with Crippen LogP contribution >= 0.6 is 0 Å². The Hall–Kier alpha value is -2.43. The van der Waals surface area contributed by atoms with Gasteiger partial charge in [-0.2, -0.15) is 0 Å². The van der Waals surface area contributed by atoms with Gasteiger partial charge < -0.3 is 15.4 Å². The van der Waals surface area contributed by atoms with E-state index in [0.29, 0.717) is 12.1 Å². The predicted octanol–water partition coefficient (Wildman–Crippen LogP) is 2.98. The SMILES string of the molecule is COc1ccc(C=CC(=O)c2cccc(CN(C)CCN)c2)cc1. The van der Waals surface area contributed by atoms with Crippen LogP contribution in [-0.4, -0.2) is 37.9 Å². The zero-order valence-corrected chi connectivity index (χ0v) is 14.2. The topological polar surface area (TPSA) is 55.6 Å². The first-order chi connectivity index (χ1) is 11.6. The molecule has 0 aliphatic carbocycles. The molecule has 4 nitrogen and oxygen atoms in total. The number of allylic oxidation sites excluding steroid dienone is 1. The first-order valence-electron chi connectivity index (χ1n) is 7.96. The highest BCUT2D eigenvalue weighted by Gasteiger charge is 2.05. The molecule has 0 spiro atoms. The van der Waals surface area contributed by atoms with Crippen molar-refractivity contribution in [2.24, 2.45) is 5.73 Å². The van der Waals surface area contributed by atoms with E-state index in [4.69, 9.17) is 10.5 Å². The minimum Gasteiger partial charge on any atom is -0.497 e. The Kier molecular flexibility index (Phi) is 6.73. The number of benzene rings is 2. The summed E-state index contributed by atoms with van der Waals surface area (Å²) < 4.78 is 5.12. The van der Waals surface area contributed by atoms with Crippen molar-refractivity contribution in [3.63, 3.8) is 0 Å². The number of carbonyl (C=O) groups is 1. The Morgan fingerprint density at radius 2 is 1.96 bits per heavy atom. The standard InChI is InChI=1S/C20H24N2O2/c1-22(13-12-21)15-17-4-3-5-18(14-17)20(23)11-8-16-6-9-19(24-2)10-7-16/h3-11,14H,12-13,15,21H2,1-2H3. The number of ether oxygens (including phenoxy) is 1. The molecule has 0 saturated carbocycles. The van der Waals surface area contributed by atoms with E-state index in [9.17, 15) is 4.79 Å². The van der Waals surface area contributed by atoms with Crippen LogP contribution in [0.15, 0.2) is 54.6 Å². The van der Waals surface area contributed by atoms with Crippen molar-refractivity contribution in [3.05, 3.63) is 71.3 Å². The molecule has 0 fully saturated rings. The number of nitrogens with zero attached hydrogens (tertiary/aromatic N) is 1. The molecule has 0 radical (unpaired) electrons. The lowest BCUT2D eigenvalue weighted by Gasteiger charge is -2.15. The van der Waals surface area contributed by atoms with E-state index < -0.39 is 0 Å². The van der Waals surface area contributed by atoms with Gasteiger partial charge in [-0.25, -0.2) is 0 Å². The largest absolute Gasteiger partial charge is 0.497 e. The van der Waals surface area contributed by atoms with Crippen molar-refractivity contribution in [2.45, 2.75) is 6.54 Å². The number of nitrogens with two attached hydrogens (primary N) is 1. The van der Waals surface area contributed by atoms with Gasteiger partial charge in [0.1, 0.15) is 5.75 Å². The fourth-order valence-corrected chi connectivity index (χ4v) is 2.42. The molecule has 2 rings (SSSR count). The molecule has 0 aliphatic heterocycles. The number of rotatable bonds is 8. The highest BCUT2D eigenvalue weighted by Crippen LogP contribution is 2.13. The summed E-state index contributed by atoms with van der Waals surface area (Å²) in [5, 5.41) is 0. The first kappa shape index (κ1) is 17.9. The zero-order chi connectivity index (χ0) is 17.4. The second-order valence-corrected chi connectivity index (χ2v) is 5.70. The van der Waals surface area contributed by atoms with Crippen LogP contribution in [0, 0.1) is 0 Å². The van der Waals surface area contributed by atoms with Crippen molar-refractivity contribution < 1.29 is 9.53 Å². The zero-order valence-electron chi connectivity index (χ0n) is 14.2. The minimum absolute atomic E-state index is 0.00542. The monoisotopic (exact) mass is 324 g/mol. The molecule has 2 aromatic rings. The van der Waals surface area contributed by atoms with Gasteiger partial charge in [0, 0.05) is 25.2 Å². The fourth-order valence-electron chi connectivity index (χ4n) is 2.42. The molecule has 0 saturated heterocycles. The molecule has 126 valence electrons. The third-order valence-electron chi connectivity index (χ3n) is 3.72. The second kappa shape index (κ2) is 9.01. The maximum absolute atomic E-state index is 12.4. The fraction of sp³-hybridized carbons (Fsp3) is 0.250. The number of methoxy groups -OCH3 is 1. The van der Waals surface area contributed by atoms with Gasteiger partial charge in [0.15, 0.2) is 5.78 Å². The lowest BCUT2D eigenvalue weighted by Crippen LogP contribution is -2.25. The van der Waals surface area contributed by atoms with Gasteiger partial charge in [0.05, 0.1) is 7.11 Å². The van der Waals surface area contributed by atoms with Crippen LogP contribution in [0.5, 0.6) is 5.75 Å². The van der Waals surface area contributed by atoms with Crippen LogP contribution in [0.3, 0.4) is 0 Å². The highest BCUT2D eigenvalue weighted by molar-refractivity contribution is 6.06. The molecular weight excluding hydrogens is 300 g/mol. The summed E-state index contributed by atoms with van der Waals surface area (Å²) in [5.74, 6) is 0.793. The van der Waals surface area contributed by atoms with Crippen LogP contribution in [0.25, 0.3) is 6.08 Å². The highest BCUT2D eigenvalue weighted by atomic mass is 16.5. The Balaban J connectivity index is 2.04. The molecule has 24 heavy (non-hydrogen) atoms. The van der Waals surface area contributed by atoms with E-state index in [0.717, 1.165) is 30.0 Å². The van der Waals surface area contributed by atoms with Gasteiger partial charge in [-0.3, -0.25) is 4.79 Å². The quantitative estimate of drug-likeness (QED) is 0.599. The van der Waals surface area contributed by atoms with Crippen LogP contribution in [0.1, 0.15) is 21.5 Å². The van der Waals surface area contributed by atoms with Gasteiger partial charge in [-0.05, 0) is 42.4 Å². The summed E-state index contributed by atoms with van der Waals surface area (Å²) in [7, 11) is 3.65. The molecule has 0 amide bonds. The van der Waals surface area contributed by atoms with E-state index in [1.165, 1.54) is 0 Å². The van der Waals surface area contributed by atoms with Crippen LogP contribution in [0.2, 0.25) is 0 Å². The summed E-state index contributed by atoms with van der Waals surface area (Å²) in [6, 6.07) is 15.3. The maximum atomic E-state index is 12.4. The Labute approximate surface area is 143 Å². The number of hydrogen-bond donors (Lipinski definition) is 1. The molecule has 0 bridgehead atoms. The van der Waals surface area contributed by atoms with Crippen LogP contribution in [0.4, 0.5) is 0 Å². The summed E-state index contributed by atoms with van der Waals surface area (Å²) in [5.41, 5.74) is 8.32. The molecule has 0 aromatic heterocycles. The van der Waals surface area contributed by atoms with Gasteiger partial charge >= 0.3 is 0 Å². The molecule has 0 aliphatic rings. The Morgan fingerprint density at radius 3 is 2.62 bits per heavy atom. The normalized spacial score (nSPS) is 11.2. The molecule has 4 heteroatoms. The molecule has 0 heterocycles. The lowest BCUT2D eigenvalue weighted by molar-refractivity contribution is 0.104. The van der Waals surface area contributed by atoms with Gasteiger partial charge in [-0.15, -0.1) is 0 Å². The molecule has 0 atom stereocenters. The summed E-state index contributed by atoms with van der Waals surface area (Å²) in [6.45, 7) is 2.23. The first-order valence-corrected chi connectivity index (χ1v) is 7.96. The average molecular weight is 324 g/mol. The van der Waals surface area contributed by atoms with E-state index in [1.54, 1.807) is 13.2 Å². The molecular formula is C20H24N2O2. The molecule has 2 aromatic carbocycles. The Bertz CT molecular complexity index is 693. The third kappa shape index (κ3) is 5.33. The smallest absolute Gasteiger partial charge is 0.185 e. The lowest BCUT2D eigenvalue weighted by atomic mass is 10.1. The van der Waals surface area contributed by atoms with Gasteiger partial charge in [0.25, 0.3) is 0 Å². The van der Waals surface area contributed by atoms with E-state index in [2.05, 4.69) is 4.90 Å². The average Bonchev–Trinajstić information content (AvgIpc) is 2.60. The summed E-state index contributed by atoms with van der Waals surface area (Å²) in [4.78, 5) is 14.5. The van der Waals surface area contributed by atoms with Crippen molar-refractivity contribution in [2.75, 3.05) is 27.2 Å². The molecule has 0 unspecified atom stereocenters. The van der Waals surface area contributed by atoms with E-state index in [-0.39, 0.29) is 5.78 Å². The summed E-state index contributed by atoms with van der Waals surface area (Å²) in [6.07, 6.45) is 3.42. The van der Waals surface area contributed by atoms with E-state index in [1.807, 2.05) is 61.7 Å². The van der Waals surface area contributed by atoms with Gasteiger partial charge in [-0.1, -0.05) is 36.4 Å². The third-order valence-corrected chi connectivity index (χ3v) is 3.72. The van der Waals surface area contributed by atoms with Crippen LogP contribution < -0.4 is 10.5 Å². The predicted molar refractivity (Wildman–Crippen MR) is 98.2 cm³/mol. The Morgan fingerprint density at radius 1 is 1.21 bits per heavy atom. The molecule has 2 N–H and O–H groups in total. The van der Waals surface area contributed by atoms with Crippen LogP contribution in [-0.2, 0) is 6.54 Å². The van der Waals surface area contributed by atoms with Crippen molar-refractivity contribution in [1.29, 1.82) is 0 Å².